The maximum absolute atomic E-state index is 14.1. The molecule has 8 atom stereocenters. The number of ether oxygens (including phenoxy) is 1. The fourth-order valence-corrected chi connectivity index (χ4v) is 10.7. The topological polar surface area (TPSA) is 111 Å². The van der Waals surface area contributed by atoms with Gasteiger partial charge in [0.2, 0.25) is 12.2 Å². The number of carbonyl (C=O) groups is 1. The Hall–Kier alpha value is -2.84. The van der Waals surface area contributed by atoms with Crippen LogP contribution in [-0.4, -0.2) is 50.2 Å². The van der Waals surface area contributed by atoms with E-state index in [-0.39, 0.29) is 6.04 Å². The number of rotatable bonds is 7. The third-order valence-corrected chi connectivity index (χ3v) is 12.8. The normalized spacial score (nSPS) is 34.1. The molecule has 2 aliphatic heterocycles. The lowest BCUT2D eigenvalue weighted by Gasteiger charge is -2.54. The van der Waals surface area contributed by atoms with Gasteiger partial charge in [-0.15, -0.1) is 0 Å². The van der Waals surface area contributed by atoms with Gasteiger partial charge >= 0.3 is 13.6 Å². The largest absolute Gasteiger partial charge is 0.434 e. The summed E-state index contributed by atoms with van der Waals surface area (Å²) in [4.78, 5) is 44.6. The SMILES string of the molecule is O=C(OCOP(=O)(O)c1nc2ccccc2n(C2CC3CCCC(C2)N3C2CC3CC4CC(C2)C4C3)c1=O)c1ccccc1. The van der Waals surface area contributed by atoms with E-state index in [0.29, 0.717) is 34.7 Å². The summed E-state index contributed by atoms with van der Waals surface area (Å²) >= 11 is 0. The number of para-hydroxylation sites is 2. The quantitative estimate of drug-likeness (QED) is 0.213. The Balaban J connectivity index is 1.06. The molecular formula is C34H40N3O6P. The summed E-state index contributed by atoms with van der Waals surface area (Å²) in [5.74, 6) is 3.06. The first kappa shape index (κ1) is 28.6. The highest BCUT2D eigenvalue weighted by Gasteiger charge is 2.53. The fraction of sp³-hybridized carbons (Fsp3) is 0.559. The van der Waals surface area contributed by atoms with Gasteiger partial charge in [0.1, 0.15) is 0 Å². The summed E-state index contributed by atoms with van der Waals surface area (Å²) in [6, 6.07) is 17.0. The molecule has 3 heterocycles. The lowest BCUT2D eigenvalue weighted by molar-refractivity contribution is -0.0437. The minimum atomic E-state index is -4.72. The molecule has 1 aromatic heterocycles. The number of esters is 1. The van der Waals surface area contributed by atoms with Crippen LogP contribution < -0.4 is 11.0 Å². The fourth-order valence-electron chi connectivity index (χ4n) is 9.78. The van der Waals surface area contributed by atoms with Crippen LogP contribution in [0.1, 0.15) is 80.6 Å². The van der Waals surface area contributed by atoms with Crippen molar-refractivity contribution in [2.45, 2.75) is 88.4 Å². The van der Waals surface area contributed by atoms with Gasteiger partial charge in [0.15, 0.2) is 0 Å². The summed E-state index contributed by atoms with van der Waals surface area (Å²) in [5.41, 5.74) is 0.292. The number of benzene rings is 2. The van der Waals surface area contributed by atoms with E-state index in [9.17, 15) is 19.0 Å². The smallest absolute Gasteiger partial charge is 0.385 e. The van der Waals surface area contributed by atoms with Crippen molar-refractivity contribution in [2.24, 2.45) is 23.7 Å². The average Bonchev–Trinajstić information content (AvgIpc) is 3.24. The van der Waals surface area contributed by atoms with Crippen LogP contribution in [0, 0.1) is 23.7 Å². The Bertz CT molecular complexity index is 1660. The maximum atomic E-state index is 14.1. The molecule has 2 saturated heterocycles. The Morgan fingerprint density at radius 3 is 2.39 bits per heavy atom. The predicted molar refractivity (Wildman–Crippen MR) is 166 cm³/mol. The van der Waals surface area contributed by atoms with E-state index in [0.717, 1.165) is 49.4 Å². The van der Waals surface area contributed by atoms with Gasteiger partial charge in [-0.1, -0.05) is 36.8 Å². The Morgan fingerprint density at radius 2 is 1.59 bits per heavy atom. The van der Waals surface area contributed by atoms with Gasteiger partial charge in [-0.2, -0.15) is 0 Å². The number of nitrogens with zero attached hydrogens (tertiary/aromatic N) is 3. The Morgan fingerprint density at radius 1 is 0.864 bits per heavy atom. The number of fused-ring (bicyclic) bond motifs is 4. The minimum Gasteiger partial charge on any atom is -0.434 e. The van der Waals surface area contributed by atoms with Gasteiger partial charge in [-0.05, 0) is 106 Å². The Labute approximate surface area is 257 Å². The van der Waals surface area contributed by atoms with Gasteiger partial charge in [0, 0.05) is 24.2 Å². The molecule has 0 radical (unpaired) electrons. The molecule has 5 fully saturated rings. The van der Waals surface area contributed by atoms with E-state index >= 15 is 0 Å². The van der Waals surface area contributed by atoms with Crippen LogP contribution in [0.3, 0.4) is 0 Å². The number of piperidine rings is 2. The molecule has 8 rings (SSSR count). The summed E-state index contributed by atoms with van der Waals surface area (Å²) in [5, 5.41) is 0. The second-order valence-electron chi connectivity index (χ2n) is 13.9. The standard InChI is InChI=1S/C34H40N3O6P/c38-33-32(44(40,41)43-20-42-34(39)22-7-2-1-3-8-22)35-30-11-4-5-12-31(30)37(33)28-18-25-9-6-10-26(19-28)36(25)27-14-21-13-23-16-24(17-27)29(23)15-21/h1-5,7-8,11-12,21,23-29H,6,9-10,13-20H2,(H,40,41). The molecule has 1 N–H and O–H groups in total. The van der Waals surface area contributed by atoms with E-state index in [1.165, 1.54) is 38.5 Å². The lowest BCUT2D eigenvalue weighted by atomic mass is 9.64. The van der Waals surface area contributed by atoms with Crippen LogP contribution in [0.5, 0.6) is 0 Å². The van der Waals surface area contributed by atoms with Crippen molar-refractivity contribution in [3.05, 3.63) is 70.5 Å². The van der Waals surface area contributed by atoms with E-state index in [1.807, 2.05) is 12.1 Å². The van der Waals surface area contributed by atoms with Crippen LogP contribution in [0.15, 0.2) is 59.4 Å². The zero-order chi connectivity index (χ0) is 30.0. The molecule has 8 unspecified atom stereocenters. The molecule has 0 amide bonds. The summed E-state index contributed by atoms with van der Waals surface area (Å²) in [6.45, 7) is -0.775. The number of hydrogen-bond donors (Lipinski definition) is 1. The average molecular weight is 618 g/mol. The highest BCUT2D eigenvalue weighted by Crippen LogP contribution is 2.59. The van der Waals surface area contributed by atoms with Crippen molar-refractivity contribution < 1.29 is 23.5 Å². The van der Waals surface area contributed by atoms with Gasteiger partial charge in [0.25, 0.3) is 5.56 Å². The molecule has 3 saturated carbocycles. The monoisotopic (exact) mass is 617 g/mol. The van der Waals surface area contributed by atoms with E-state index < -0.39 is 31.4 Å². The maximum Gasteiger partial charge on any atom is 0.385 e. The van der Waals surface area contributed by atoms with E-state index in [4.69, 9.17) is 9.26 Å². The molecule has 0 spiro atoms. The molecule has 9 nitrogen and oxygen atoms in total. The molecular weight excluding hydrogens is 577 g/mol. The molecule has 4 bridgehead atoms. The first-order chi connectivity index (χ1) is 21.4. The molecule has 2 aromatic carbocycles. The van der Waals surface area contributed by atoms with E-state index in [2.05, 4.69) is 9.88 Å². The van der Waals surface area contributed by atoms with Crippen molar-refractivity contribution in [2.75, 3.05) is 6.79 Å². The van der Waals surface area contributed by atoms with Crippen LogP contribution in [0.25, 0.3) is 11.0 Å². The minimum absolute atomic E-state index is 0.105. The van der Waals surface area contributed by atoms with Gasteiger partial charge in [-0.3, -0.25) is 18.8 Å². The zero-order valence-corrected chi connectivity index (χ0v) is 25.8. The second-order valence-corrected chi connectivity index (χ2v) is 15.6. The van der Waals surface area contributed by atoms with Crippen molar-refractivity contribution in [1.82, 2.24) is 14.5 Å². The summed E-state index contributed by atoms with van der Waals surface area (Å²) < 4.78 is 25.5. The number of hydrogen-bond acceptors (Lipinski definition) is 7. The number of aromatic nitrogens is 2. The van der Waals surface area contributed by atoms with Crippen LogP contribution >= 0.6 is 7.60 Å². The first-order valence-corrected chi connectivity index (χ1v) is 17.9. The molecule has 3 aromatic rings. The molecule has 3 aliphatic carbocycles. The van der Waals surface area contributed by atoms with Crippen molar-refractivity contribution in [3.8, 4) is 0 Å². The third-order valence-electron chi connectivity index (χ3n) is 11.5. The van der Waals surface area contributed by atoms with Crippen LogP contribution in [0.2, 0.25) is 0 Å². The van der Waals surface area contributed by atoms with Crippen LogP contribution in [0.4, 0.5) is 0 Å². The summed E-state index contributed by atoms with van der Waals surface area (Å²) in [7, 11) is -4.72. The van der Waals surface area contributed by atoms with Gasteiger partial charge in [0.05, 0.1) is 16.6 Å². The van der Waals surface area contributed by atoms with Gasteiger partial charge < -0.3 is 14.2 Å². The second kappa shape index (κ2) is 11.2. The lowest BCUT2D eigenvalue weighted by Crippen LogP contribution is -2.58. The first-order valence-electron chi connectivity index (χ1n) is 16.3. The number of carbonyl (C=O) groups excluding carboxylic acids is 1. The van der Waals surface area contributed by atoms with Crippen LogP contribution in [-0.2, 0) is 13.8 Å². The van der Waals surface area contributed by atoms with E-state index in [1.54, 1.807) is 47.0 Å². The Kier molecular flexibility index (Phi) is 7.28. The molecule has 232 valence electrons. The zero-order valence-electron chi connectivity index (χ0n) is 24.9. The molecule has 44 heavy (non-hydrogen) atoms. The van der Waals surface area contributed by atoms with Gasteiger partial charge in [-0.25, -0.2) is 9.78 Å². The molecule has 5 aliphatic rings. The third kappa shape index (κ3) is 4.97. The highest BCUT2D eigenvalue weighted by molar-refractivity contribution is 7.60. The van der Waals surface area contributed by atoms with Crippen molar-refractivity contribution >= 4 is 30.0 Å². The summed E-state index contributed by atoms with van der Waals surface area (Å²) in [6.07, 6.45) is 12.1. The van der Waals surface area contributed by atoms with Crippen molar-refractivity contribution in [3.63, 3.8) is 0 Å². The molecule has 10 heteroatoms. The van der Waals surface area contributed by atoms with Crippen molar-refractivity contribution in [1.29, 1.82) is 0 Å². The highest BCUT2D eigenvalue weighted by atomic mass is 31.2. The predicted octanol–water partition coefficient (Wildman–Crippen LogP) is 5.42.